The number of halogens is 1. The van der Waals surface area contributed by atoms with Gasteiger partial charge in [0.2, 0.25) is 0 Å². The number of nitrogens with zero attached hydrogens (tertiary/aromatic N) is 2. The van der Waals surface area contributed by atoms with Gasteiger partial charge >= 0.3 is 0 Å². The maximum absolute atomic E-state index is 4.48. The number of hydrogen-bond donors (Lipinski definition) is 0. The first-order chi connectivity index (χ1) is 8.79. The van der Waals surface area contributed by atoms with E-state index in [2.05, 4.69) is 44.1 Å². The van der Waals surface area contributed by atoms with Crippen LogP contribution in [-0.2, 0) is 6.42 Å². The Balaban J connectivity index is 2.05. The van der Waals surface area contributed by atoms with Crippen molar-refractivity contribution in [2.45, 2.75) is 26.2 Å². The molecule has 3 heteroatoms. The molecule has 0 fully saturated rings. The average molecular weight is 305 g/mol. The first kappa shape index (κ1) is 13.2. The maximum atomic E-state index is 4.48. The molecule has 0 atom stereocenters. The Hall–Kier alpha value is -1.22. The quantitative estimate of drug-likeness (QED) is 0.612. The zero-order chi connectivity index (χ0) is 12.8. The van der Waals surface area contributed by atoms with E-state index in [1.165, 1.54) is 24.0 Å². The molecule has 2 aromatic rings. The van der Waals surface area contributed by atoms with Gasteiger partial charge in [0.25, 0.3) is 0 Å². The monoisotopic (exact) mass is 304 g/mol. The highest BCUT2D eigenvalue weighted by Crippen LogP contribution is 2.15. The van der Waals surface area contributed by atoms with Crippen molar-refractivity contribution in [3.8, 4) is 11.4 Å². The van der Waals surface area contributed by atoms with Crippen LogP contribution in [0.15, 0.2) is 36.7 Å². The molecule has 18 heavy (non-hydrogen) atoms. The molecule has 0 radical (unpaired) electrons. The zero-order valence-electron chi connectivity index (χ0n) is 10.6. The highest BCUT2D eigenvalue weighted by Gasteiger charge is 2.01. The van der Waals surface area contributed by atoms with Crippen LogP contribution in [0.5, 0.6) is 0 Å². The minimum absolute atomic E-state index is 0.938. The number of aryl methyl sites for hydroxylation is 2. The molecule has 0 aromatic carbocycles. The van der Waals surface area contributed by atoms with Gasteiger partial charge in [-0.1, -0.05) is 28.1 Å². The summed E-state index contributed by atoms with van der Waals surface area (Å²) < 4.78 is 0. The standard InChI is InChI=1S/C15H17BrN2/c1-12-5-7-14(17-10-12)15-8-6-13(11-18-15)4-2-3-9-16/h5-8,10-11H,2-4,9H2,1H3. The third kappa shape index (κ3) is 3.64. The van der Waals surface area contributed by atoms with Crippen molar-refractivity contribution in [2.75, 3.05) is 5.33 Å². The van der Waals surface area contributed by atoms with Gasteiger partial charge in [0, 0.05) is 17.7 Å². The smallest absolute Gasteiger partial charge is 0.0886 e. The summed E-state index contributed by atoms with van der Waals surface area (Å²) >= 11 is 3.45. The van der Waals surface area contributed by atoms with E-state index in [1.54, 1.807) is 0 Å². The molecule has 2 heterocycles. The minimum Gasteiger partial charge on any atom is -0.254 e. The van der Waals surface area contributed by atoms with Crippen molar-refractivity contribution in [1.29, 1.82) is 0 Å². The van der Waals surface area contributed by atoms with E-state index in [0.29, 0.717) is 0 Å². The normalized spacial score (nSPS) is 10.6. The van der Waals surface area contributed by atoms with Crippen LogP contribution in [0.2, 0.25) is 0 Å². The van der Waals surface area contributed by atoms with Crippen molar-refractivity contribution in [3.63, 3.8) is 0 Å². The lowest BCUT2D eigenvalue weighted by atomic mass is 10.1. The summed E-state index contributed by atoms with van der Waals surface area (Å²) in [4.78, 5) is 8.87. The fourth-order valence-corrected chi connectivity index (χ4v) is 2.16. The largest absolute Gasteiger partial charge is 0.254 e. The molecule has 2 nitrogen and oxygen atoms in total. The summed E-state index contributed by atoms with van der Waals surface area (Å²) in [5.41, 5.74) is 4.35. The van der Waals surface area contributed by atoms with Crippen LogP contribution in [0.4, 0.5) is 0 Å². The van der Waals surface area contributed by atoms with E-state index in [1.807, 2.05) is 25.4 Å². The molecular formula is C15H17BrN2. The molecule has 2 aromatic heterocycles. The van der Waals surface area contributed by atoms with Gasteiger partial charge < -0.3 is 0 Å². The van der Waals surface area contributed by atoms with Crippen LogP contribution in [0.3, 0.4) is 0 Å². The van der Waals surface area contributed by atoms with Crippen LogP contribution < -0.4 is 0 Å². The third-order valence-electron chi connectivity index (χ3n) is 2.85. The highest BCUT2D eigenvalue weighted by molar-refractivity contribution is 9.09. The summed E-state index contributed by atoms with van der Waals surface area (Å²) in [6.07, 6.45) is 7.35. The Bertz CT molecular complexity index is 477. The molecule has 0 saturated heterocycles. The first-order valence-electron chi connectivity index (χ1n) is 6.23. The average Bonchev–Trinajstić information content (AvgIpc) is 2.41. The second kappa shape index (κ2) is 6.64. The van der Waals surface area contributed by atoms with Crippen LogP contribution >= 0.6 is 15.9 Å². The molecule has 0 N–H and O–H groups in total. The van der Waals surface area contributed by atoms with Gasteiger partial charge in [0.1, 0.15) is 0 Å². The van der Waals surface area contributed by atoms with E-state index in [-0.39, 0.29) is 0 Å². The van der Waals surface area contributed by atoms with Gasteiger partial charge in [-0.15, -0.1) is 0 Å². The third-order valence-corrected chi connectivity index (χ3v) is 3.41. The van der Waals surface area contributed by atoms with Crippen molar-refractivity contribution in [2.24, 2.45) is 0 Å². The fourth-order valence-electron chi connectivity index (χ4n) is 1.77. The molecule has 0 saturated carbocycles. The Morgan fingerprint density at radius 2 is 1.67 bits per heavy atom. The Labute approximate surface area is 117 Å². The van der Waals surface area contributed by atoms with E-state index < -0.39 is 0 Å². The van der Waals surface area contributed by atoms with Crippen molar-refractivity contribution in [1.82, 2.24) is 9.97 Å². The summed E-state index contributed by atoms with van der Waals surface area (Å²) in [7, 11) is 0. The Morgan fingerprint density at radius 3 is 2.22 bits per heavy atom. The zero-order valence-corrected chi connectivity index (χ0v) is 12.2. The first-order valence-corrected chi connectivity index (χ1v) is 7.35. The van der Waals surface area contributed by atoms with E-state index >= 15 is 0 Å². The minimum atomic E-state index is 0.938. The predicted molar refractivity (Wildman–Crippen MR) is 78.9 cm³/mol. The molecule has 94 valence electrons. The molecule has 0 spiro atoms. The van der Waals surface area contributed by atoms with Crippen molar-refractivity contribution < 1.29 is 0 Å². The SMILES string of the molecule is Cc1ccc(-c2ccc(CCCCBr)cn2)nc1. The highest BCUT2D eigenvalue weighted by atomic mass is 79.9. The van der Waals surface area contributed by atoms with Crippen LogP contribution in [0.25, 0.3) is 11.4 Å². The van der Waals surface area contributed by atoms with Gasteiger partial charge in [-0.05, 0) is 49.4 Å². The second-order valence-corrected chi connectivity index (χ2v) is 5.21. The number of hydrogen-bond acceptors (Lipinski definition) is 2. The maximum Gasteiger partial charge on any atom is 0.0886 e. The van der Waals surface area contributed by atoms with E-state index in [0.717, 1.165) is 23.1 Å². The number of unbranched alkanes of at least 4 members (excludes halogenated alkanes) is 1. The number of pyridine rings is 2. The molecule has 0 bridgehead atoms. The molecule has 0 unspecified atom stereocenters. The van der Waals surface area contributed by atoms with Crippen molar-refractivity contribution >= 4 is 15.9 Å². The van der Waals surface area contributed by atoms with Crippen LogP contribution in [0.1, 0.15) is 24.0 Å². The van der Waals surface area contributed by atoms with Crippen LogP contribution in [-0.4, -0.2) is 15.3 Å². The molecule has 0 aliphatic rings. The van der Waals surface area contributed by atoms with Gasteiger partial charge in [-0.3, -0.25) is 9.97 Å². The lowest BCUT2D eigenvalue weighted by Gasteiger charge is -2.03. The lowest BCUT2D eigenvalue weighted by molar-refractivity contribution is 0.803. The van der Waals surface area contributed by atoms with Gasteiger partial charge in [0.15, 0.2) is 0 Å². The molecule has 0 aliphatic heterocycles. The molecule has 0 aliphatic carbocycles. The number of rotatable bonds is 5. The molecular weight excluding hydrogens is 288 g/mol. The summed E-state index contributed by atoms with van der Waals surface area (Å²) in [6.45, 7) is 2.04. The Morgan fingerprint density at radius 1 is 0.944 bits per heavy atom. The predicted octanol–water partition coefficient (Wildman–Crippen LogP) is 4.17. The van der Waals surface area contributed by atoms with Gasteiger partial charge in [-0.25, -0.2) is 0 Å². The fraction of sp³-hybridized carbons (Fsp3) is 0.333. The van der Waals surface area contributed by atoms with Crippen LogP contribution in [0, 0.1) is 6.92 Å². The summed E-state index contributed by atoms with van der Waals surface area (Å²) in [5.74, 6) is 0. The number of alkyl halides is 1. The second-order valence-electron chi connectivity index (χ2n) is 4.42. The lowest BCUT2D eigenvalue weighted by Crippen LogP contribution is -1.91. The van der Waals surface area contributed by atoms with E-state index in [9.17, 15) is 0 Å². The molecule has 2 rings (SSSR count). The molecule has 0 amide bonds. The van der Waals surface area contributed by atoms with Crippen molar-refractivity contribution in [3.05, 3.63) is 47.8 Å². The Kier molecular flexibility index (Phi) is 4.88. The summed E-state index contributed by atoms with van der Waals surface area (Å²) in [5, 5.41) is 1.08. The summed E-state index contributed by atoms with van der Waals surface area (Å²) in [6, 6.07) is 8.29. The van der Waals surface area contributed by atoms with E-state index in [4.69, 9.17) is 0 Å². The topological polar surface area (TPSA) is 25.8 Å². The number of aromatic nitrogens is 2. The van der Waals surface area contributed by atoms with Gasteiger partial charge in [0.05, 0.1) is 11.4 Å². The van der Waals surface area contributed by atoms with Gasteiger partial charge in [-0.2, -0.15) is 0 Å².